The van der Waals surface area contributed by atoms with E-state index in [0.717, 1.165) is 37.5 Å². The van der Waals surface area contributed by atoms with Gasteiger partial charge in [0.1, 0.15) is 0 Å². The topological polar surface area (TPSA) is 52.6 Å². The van der Waals surface area contributed by atoms with Gasteiger partial charge >= 0.3 is 11.9 Å². The molecule has 0 aromatic carbocycles. The van der Waals surface area contributed by atoms with E-state index >= 15 is 0 Å². The Labute approximate surface area is 190 Å². The molecule has 0 heterocycles. The van der Waals surface area contributed by atoms with Crippen molar-refractivity contribution in [2.45, 2.75) is 98.3 Å². The molecule has 0 fully saturated rings. The van der Waals surface area contributed by atoms with E-state index in [4.69, 9.17) is 9.47 Å². The molecule has 0 bridgehead atoms. The van der Waals surface area contributed by atoms with Crippen molar-refractivity contribution in [3.05, 3.63) is 35.5 Å². The fourth-order valence-electron chi connectivity index (χ4n) is 3.45. The summed E-state index contributed by atoms with van der Waals surface area (Å²) in [5.74, 6) is 0.895. The third-order valence-corrected chi connectivity index (χ3v) is 5.43. The molecule has 0 spiro atoms. The fraction of sp³-hybridized carbons (Fsp3) is 0.704. The van der Waals surface area contributed by atoms with Crippen molar-refractivity contribution in [1.82, 2.24) is 0 Å². The minimum Gasteiger partial charge on any atom is -0.462 e. The number of hydrogen-bond donors (Lipinski definition) is 0. The van der Waals surface area contributed by atoms with Crippen LogP contribution in [-0.2, 0) is 19.1 Å². The number of allylic oxidation sites excluding steroid dienone is 3. The zero-order valence-electron chi connectivity index (χ0n) is 20.3. The van der Waals surface area contributed by atoms with E-state index < -0.39 is 0 Å². The summed E-state index contributed by atoms with van der Waals surface area (Å²) in [5.41, 5.74) is 1.08. The zero-order valence-corrected chi connectivity index (χ0v) is 20.3. The molecule has 0 radical (unpaired) electrons. The van der Waals surface area contributed by atoms with Crippen LogP contribution < -0.4 is 0 Å². The maximum absolute atomic E-state index is 12.3. The summed E-state index contributed by atoms with van der Waals surface area (Å²) < 4.78 is 10.8. The Morgan fingerprint density at radius 3 is 1.84 bits per heavy atom. The SMILES string of the molecule is CC(C)CCCCCCOC(=O)C1=CCC(C(=O)OCCCCCCC(C)C)=CC=C1. The number of carbonyl (C=O) groups is 2. The first-order chi connectivity index (χ1) is 14.9. The van der Waals surface area contributed by atoms with Crippen LogP contribution in [-0.4, -0.2) is 25.2 Å². The van der Waals surface area contributed by atoms with Gasteiger partial charge in [-0.2, -0.15) is 0 Å². The Kier molecular flexibility index (Phi) is 14.7. The number of unbranched alkanes of at least 4 members (excludes halogenated alkanes) is 6. The summed E-state index contributed by atoms with van der Waals surface area (Å²) in [6, 6.07) is 0. The summed E-state index contributed by atoms with van der Waals surface area (Å²) >= 11 is 0. The molecule has 0 N–H and O–H groups in total. The molecule has 1 rings (SSSR count). The van der Waals surface area contributed by atoms with Gasteiger partial charge < -0.3 is 9.47 Å². The maximum atomic E-state index is 12.3. The van der Waals surface area contributed by atoms with Crippen LogP contribution in [0.25, 0.3) is 0 Å². The highest BCUT2D eigenvalue weighted by atomic mass is 16.5. The first-order valence-electron chi connectivity index (χ1n) is 12.3. The van der Waals surface area contributed by atoms with Crippen molar-refractivity contribution in [3.8, 4) is 0 Å². The van der Waals surface area contributed by atoms with Gasteiger partial charge in [-0.05, 0) is 37.2 Å². The second-order valence-corrected chi connectivity index (χ2v) is 9.38. The lowest BCUT2D eigenvalue weighted by atomic mass is 10.0. The van der Waals surface area contributed by atoms with Gasteiger partial charge in [0.2, 0.25) is 0 Å². The fourth-order valence-corrected chi connectivity index (χ4v) is 3.45. The van der Waals surface area contributed by atoms with Gasteiger partial charge in [0.05, 0.1) is 18.8 Å². The average Bonchev–Trinajstić information content (AvgIpc) is 2.98. The van der Waals surface area contributed by atoms with E-state index in [1.807, 2.05) is 0 Å². The number of hydrogen-bond acceptors (Lipinski definition) is 4. The Morgan fingerprint density at radius 1 is 0.774 bits per heavy atom. The van der Waals surface area contributed by atoms with Crippen molar-refractivity contribution in [2.24, 2.45) is 11.8 Å². The Morgan fingerprint density at radius 2 is 1.29 bits per heavy atom. The predicted molar refractivity (Wildman–Crippen MR) is 128 cm³/mol. The summed E-state index contributed by atoms with van der Waals surface area (Å²) in [4.78, 5) is 24.5. The smallest absolute Gasteiger partial charge is 0.337 e. The Balaban J connectivity index is 2.21. The van der Waals surface area contributed by atoms with Crippen molar-refractivity contribution in [2.75, 3.05) is 13.2 Å². The van der Waals surface area contributed by atoms with Crippen LogP contribution in [0.5, 0.6) is 0 Å². The summed E-state index contributed by atoms with van der Waals surface area (Å²) in [6.07, 6.45) is 18.7. The van der Waals surface area contributed by atoms with Gasteiger partial charge in [-0.1, -0.05) is 97.3 Å². The van der Waals surface area contributed by atoms with Gasteiger partial charge in [0.15, 0.2) is 0 Å². The van der Waals surface area contributed by atoms with Gasteiger partial charge in [-0.25, -0.2) is 9.59 Å². The minimum absolute atomic E-state index is 0.293. The molecule has 0 unspecified atom stereocenters. The maximum Gasteiger partial charge on any atom is 0.337 e. The summed E-state index contributed by atoms with van der Waals surface area (Å²) in [5, 5.41) is 0. The van der Waals surface area contributed by atoms with Crippen molar-refractivity contribution >= 4 is 11.9 Å². The van der Waals surface area contributed by atoms with Crippen LogP contribution in [0.4, 0.5) is 0 Å². The summed E-state index contributed by atoms with van der Waals surface area (Å²) in [7, 11) is 0. The quantitative estimate of drug-likeness (QED) is 0.193. The van der Waals surface area contributed by atoms with Crippen molar-refractivity contribution in [3.63, 3.8) is 0 Å². The highest BCUT2D eigenvalue weighted by Gasteiger charge is 2.14. The van der Waals surface area contributed by atoms with Crippen LogP contribution in [0.1, 0.15) is 98.3 Å². The van der Waals surface area contributed by atoms with E-state index in [2.05, 4.69) is 27.7 Å². The largest absolute Gasteiger partial charge is 0.462 e. The van der Waals surface area contributed by atoms with Crippen LogP contribution in [0.15, 0.2) is 35.5 Å². The first-order valence-corrected chi connectivity index (χ1v) is 12.3. The highest BCUT2D eigenvalue weighted by Crippen LogP contribution is 2.16. The van der Waals surface area contributed by atoms with Gasteiger partial charge in [-0.3, -0.25) is 0 Å². The number of ether oxygens (including phenoxy) is 2. The Hall–Kier alpha value is -1.84. The van der Waals surface area contributed by atoms with E-state index in [-0.39, 0.29) is 11.9 Å². The first kappa shape index (κ1) is 27.2. The lowest BCUT2D eigenvalue weighted by molar-refractivity contribution is -0.140. The molecule has 1 aliphatic rings. The molecule has 31 heavy (non-hydrogen) atoms. The molecule has 4 nitrogen and oxygen atoms in total. The lowest BCUT2D eigenvalue weighted by Gasteiger charge is -2.07. The lowest BCUT2D eigenvalue weighted by Crippen LogP contribution is -2.09. The van der Waals surface area contributed by atoms with Crippen LogP contribution >= 0.6 is 0 Å². The molecule has 1 aliphatic carbocycles. The normalized spacial score (nSPS) is 13.7. The third kappa shape index (κ3) is 14.0. The van der Waals surface area contributed by atoms with E-state index in [0.29, 0.717) is 30.8 Å². The van der Waals surface area contributed by atoms with Crippen LogP contribution in [0.3, 0.4) is 0 Å². The molecular formula is C27H44O4. The number of esters is 2. The molecule has 0 atom stereocenters. The van der Waals surface area contributed by atoms with Crippen LogP contribution in [0.2, 0.25) is 0 Å². The van der Waals surface area contributed by atoms with Gasteiger partial charge in [0.25, 0.3) is 0 Å². The van der Waals surface area contributed by atoms with E-state index in [1.54, 1.807) is 24.3 Å². The molecule has 0 saturated carbocycles. The van der Waals surface area contributed by atoms with E-state index in [9.17, 15) is 9.59 Å². The predicted octanol–water partition coefficient (Wildman–Crippen LogP) is 7.10. The molecule has 0 aromatic rings. The number of rotatable bonds is 16. The minimum atomic E-state index is -0.317. The highest BCUT2D eigenvalue weighted by molar-refractivity contribution is 5.94. The average molecular weight is 433 g/mol. The second-order valence-electron chi connectivity index (χ2n) is 9.38. The van der Waals surface area contributed by atoms with E-state index in [1.165, 1.54) is 38.5 Å². The monoisotopic (exact) mass is 432 g/mol. The molecule has 4 heteroatoms. The standard InChI is InChI=1S/C27H44O4/c1-22(2)14-9-5-7-11-20-30-26(28)24-16-13-17-25(19-18-24)27(29)31-21-12-8-6-10-15-23(3)4/h13,16-18,22-23H,5-12,14-15,19-21H2,1-4H3. The van der Waals surface area contributed by atoms with Gasteiger partial charge in [-0.15, -0.1) is 0 Å². The number of carbonyl (C=O) groups excluding carboxylic acids is 2. The van der Waals surface area contributed by atoms with Crippen molar-refractivity contribution < 1.29 is 19.1 Å². The molecule has 0 aliphatic heterocycles. The molecular weight excluding hydrogens is 388 g/mol. The molecule has 0 saturated heterocycles. The van der Waals surface area contributed by atoms with Gasteiger partial charge in [0, 0.05) is 5.57 Å². The third-order valence-electron chi connectivity index (χ3n) is 5.43. The summed E-state index contributed by atoms with van der Waals surface area (Å²) in [6.45, 7) is 9.87. The Bertz CT molecular complexity index is 611. The molecule has 176 valence electrons. The molecule has 0 amide bonds. The van der Waals surface area contributed by atoms with Crippen LogP contribution in [0, 0.1) is 11.8 Å². The second kappa shape index (κ2) is 16.8. The zero-order chi connectivity index (χ0) is 22.9. The van der Waals surface area contributed by atoms with Crippen molar-refractivity contribution in [1.29, 1.82) is 0 Å². The molecule has 0 aromatic heterocycles.